The molecule has 25 heavy (non-hydrogen) atoms. The van der Waals surface area contributed by atoms with E-state index in [0.717, 1.165) is 19.3 Å². The Bertz CT molecular complexity index is 627. The van der Waals surface area contributed by atoms with Crippen molar-refractivity contribution in [3.05, 3.63) is 35.4 Å². The molecule has 0 spiro atoms. The number of rotatable bonds is 10. The van der Waals surface area contributed by atoms with Crippen LogP contribution in [-0.2, 0) is 9.59 Å². The summed E-state index contributed by atoms with van der Waals surface area (Å²) in [4.78, 5) is 45.5. The van der Waals surface area contributed by atoms with Crippen LogP contribution in [-0.4, -0.2) is 46.6 Å². The molecule has 1 aromatic rings. The van der Waals surface area contributed by atoms with Crippen LogP contribution >= 0.6 is 0 Å². The third kappa shape index (κ3) is 7.03. The summed E-state index contributed by atoms with van der Waals surface area (Å²) in [7, 11) is 0. The van der Waals surface area contributed by atoms with Crippen molar-refractivity contribution in [3.63, 3.8) is 0 Å². The summed E-state index contributed by atoms with van der Waals surface area (Å²) in [5.41, 5.74) is 0.521. The van der Waals surface area contributed by atoms with E-state index in [1.807, 2.05) is 0 Å². The lowest BCUT2D eigenvalue weighted by Crippen LogP contribution is -2.42. The third-order valence-corrected chi connectivity index (χ3v) is 3.46. The van der Waals surface area contributed by atoms with E-state index >= 15 is 0 Å². The Morgan fingerprint density at radius 1 is 0.960 bits per heavy atom. The van der Waals surface area contributed by atoms with Crippen LogP contribution in [0, 0.1) is 0 Å². The molecule has 0 saturated carbocycles. The van der Waals surface area contributed by atoms with E-state index in [1.165, 1.54) is 24.3 Å². The maximum Gasteiger partial charge on any atom is 0.326 e. The predicted octanol–water partition coefficient (Wildman–Crippen LogP) is 1.26. The topological polar surface area (TPSA) is 133 Å². The lowest BCUT2D eigenvalue weighted by atomic mass is 10.1. The van der Waals surface area contributed by atoms with Gasteiger partial charge in [0.05, 0.1) is 6.42 Å². The van der Waals surface area contributed by atoms with Gasteiger partial charge in [-0.05, 0) is 30.7 Å². The van der Waals surface area contributed by atoms with Crippen molar-refractivity contribution >= 4 is 23.8 Å². The van der Waals surface area contributed by atoms with Crippen LogP contribution in [0.3, 0.4) is 0 Å². The summed E-state index contributed by atoms with van der Waals surface area (Å²) in [5, 5.41) is 22.5. The number of hydrogen-bond donors (Lipinski definition) is 4. The van der Waals surface area contributed by atoms with Crippen molar-refractivity contribution in [2.45, 2.75) is 38.6 Å². The quantitative estimate of drug-likeness (QED) is 0.470. The second kappa shape index (κ2) is 10.1. The van der Waals surface area contributed by atoms with Crippen LogP contribution in [0.5, 0.6) is 0 Å². The van der Waals surface area contributed by atoms with Gasteiger partial charge in [-0.3, -0.25) is 14.4 Å². The first-order chi connectivity index (χ1) is 11.8. The molecular weight excluding hydrogens is 328 g/mol. The maximum absolute atomic E-state index is 12.0. The first-order valence-corrected chi connectivity index (χ1v) is 7.98. The second-order valence-electron chi connectivity index (χ2n) is 5.50. The molecule has 0 heterocycles. The number of carbonyl (C=O) groups excluding carboxylic acids is 2. The molecule has 0 saturated heterocycles. The number of unbranched alkanes of at least 4 members (excludes halogenated alkanes) is 2. The average molecular weight is 350 g/mol. The molecule has 1 unspecified atom stereocenters. The molecule has 1 aromatic carbocycles. The Morgan fingerprint density at radius 3 is 2.00 bits per heavy atom. The van der Waals surface area contributed by atoms with Crippen molar-refractivity contribution in [1.82, 2.24) is 10.6 Å². The highest BCUT2D eigenvalue weighted by Crippen LogP contribution is 2.06. The van der Waals surface area contributed by atoms with Gasteiger partial charge < -0.3 is 20.8 Å². The Labute approximate surface area is 145 Å². The smallest absolute Gasteiger partial charge is 0.326 e. The Hall–Kier alpha value is -2.90. The van der Waals surface area contributed by atoms with E-state index in [0.29, 0.717) is 12.1 Å². The van der Waals surface area contributed by atoms with Crippen molar-refractivity contribution in [3.8, 4) is 0 Å². The van der Waals surface area contributed by atoms with Gasteiger partial charge in [0.1, 0.15) is 6.04 Å². The lowest BCUT2D eigenvalue weighted by Gasteiger charge is -2.12. The normalized spacial score (nSPS) is 11.4. The summed E-state index contributed by atoms with van der Waals surface area (Å²) in [6.45, 7) is 2.64. The van der Waals surface area contributed by atoms with Crippen molar-refractivity contribution in [2.75, 3.05) is 6.54 Å². The number of aliphatic carboxylic acids is 2. The zero-order valence-electron chi connectivity index (χ0n) is 13.9. The van der Waals surface area contributed by atoms with Crippen molar-refractivity contribution < 1.29 is 29.4 Å². The van der Waals surface area contributed by atoms with E-state index < -0.39 is 30.3 Å². The number of benzene rings is 1. The molecule has 1 rings (SSSR count). The fraction of sp³-hybridized carbons (Fsp3) is 0.412. The molecule has 0 fully saturated rings. The zero-order chi connectivity index (χ0) is 18.8. The summed E-state index contributed by atoms with van der Waals surface area (Å²) in [6.07, 6.45) is 2.25. The van der Waals surface area contributed by atoms with Gasteiger partial charge in [-0.15, -0.1) is 0 Å². The van der Waals surface area contributed by atoms with Gasteiger partial charge in [0.15, 0.2) is 0 Å². The highest BCUT2D eigenvalue weighted by atomic mass is 16.4. The minimum absolute atomic E-state index is 0.138. The minimum atomic E-state index is -1.52. The van der Waals surface area contributed by atoms with Crippen LogP contribution < -0.4 is 10.6 Å². The number of hydrogen-bond acceptors (Lipinski definition) is 4. The molecule has 0 aliphatic rings. The number of carboxylic acid groups (broad SMARTS) is 2. The van der Waals surface area contributed by atoms with E-state index in [4.69, 9.17) is 10.2 Å². The van der Waals surface area contributed by atoms with Gasteiger partial charge in [0, 0.05) is 17.7 Å². The summed E-state index contributed by atoms with van der Waals surface area (Å²) in [5.74, 6) is -3.73. The molecule has 136 valence electrons. The molecule has 0 radical (unpaired) electrons. The summed E-state index contributed by atoms with van der Waals surface area (Å²) < 4.78 is 0. The molecule has 8 heteroatoms. The molecule has 0 bridgehead atoms. The van der Waals surface area contributed by atoms with E-state index in [1.54, 1.807) is 0 Å². The van der Waals surface area contributed by atoms with E-state index in [9.17, 15) is 19.2 Å². The van der Waals surface area contributed by atoms with Gasteiger partial charge in [0.25, 0.3) is 11.8 Å². The van der Waals surface area contributed by atoms with Crippen LogP contribution in [0.25, 0.3) is 0 Å². The fourth-order valence-electron chi connectivity index (χ4n) is 2.07. The Balaban J connectivity index is 2.65. The van der Waals surface area contributed by atoms with Crippen molar-refractivity contribution in [1.29, 1.82) is 0 Å². The minimum Gasteiger partial charge on any atom is -0.481 e. The first-order valence-electron chi connectivity index (χ1n) is 7.98. The third-order valence-electron chi connectivity index (χ3n) is 3.46. The number of carboxylic acids is 2. The fourth-order valence-corrected chi connectivity index (χ4v) is 2.07. The summed E-state index contributed by atoms with van der Waals surface area (Å²) >= 11 is 0. The molecule has 1 atom stereocenters. The Morgan fingerprint density at radius 2 is 1.52 bits per heavy atom. The van der Waals surface area contributed by atoms with E-state index in [-0.39, 0.29) is 11.5 Å². The molecule has 2 amide bonds. The van der Waals surface area contributed by atoms with Crippen LogP contribution in [0.2, 0.25) is 0 Å². The maximum atomic E-state index is 12.0. The number of carbonyl (C=O) groups is 4. The van der Waals surface area contributed by atoms with Gasteiger partial charge in [0.2, 0.25) is 0 Å². The number of amides is 2. The predicted molar refractivity (Wildman–Crippen MR) is 89.4 cm³/mol. The van der Waals surface area contributed by atoms with Crippen LogP contribution in [0.1, 0.15) is 53.3 Å². The number of nitrogens with one attached hydrogen (secondary N) is 2. The molecule has 0 aliphatic carbocycles. The van der Waals surface area contributed by atoms with Crippen LogP contribution in [0.4, 0.5) is 0 Å². The van der Waals surface area contributed by atoms with E-state index in [2.05, 4.69) is 17.6 Å². The first kappa shape index (κ1) is 20.1. The molecule has 8 nitrogen and oxygen atoms in total. The molecule has 4 N–H and O–H groups in total. The standard InChI is InChI=1S/C17H22N2O6/c1-2-3-4-9-18-15(22)11-5-7-12(8-6-11)16(23)19-13(17(24)25)10-14(20)21/h5-8,13H,2-4,9-10H2,1H3,(H,18,22)(H,19,23)(H,20,21)(H,24,25). The van der Waals surface area contributed by atoms with Crippen LogP contribution in [0.15, 0.2) is 24.3 Å². The van der Waals surface area contributed by atoms with Gasteiger partial charge in [-0.1, -0.05) is 19.8 Å². The second-order valence-corrected chi connectivity index (χ2v) is 5.50. The molecule has 0 aliphatic heterocycles. The SMILES string of the molecule is CCCCCNC(=O)c1ccc(C(=O)NC(CC(=O)O)C(=O)O)cc1. The Kier molecular flexibility index (Phi) is 8.11. The monoisotopic (exact) mass is 350 g/mol. The largest absolute Gasteiger partial charge is 0.481 e. The van der Waals surface area contributed by atoms with Gasteiger partial charge in [-0.2, -0.15) is 0 Å². The van der Waals surface area contributed by atoms with Gasteiger partial charge in [-0.25, -0.2) is 4.79 Å². The molecular formula is C17H22N2O6. The lowest BCUT2D eigenvalue weighted by molar-refractivity contribution is -0.145. The zero-order valence-corrected chi connectivity index (χ0v) is 13.9. The van der Waals surface area contributed by atoms with Crippen molar-refractivity contribution in [2.24, 2.45) is 0 Å². The molecule has 0 aromatic heterocycles. The average Bonchev–Trinajstić information content (AvgIpc) is 2.57. The highest BCUT2D eigenvalue weighted by molar-refractivity contribution is 5.99. The van der Waals surface area contributed by atoms with Gasteiger partial charge >= 0.3 is 11.9 Å². The summed E-state index contributed by atoms with van der Waals surface area (Å²) in [6, 6.07) is 4.16. The highest BCUT2D eigenvalue weighted by Gasteiger charge is 2.23.